The maximum absolute atomic E-state index is 5.34. The normalized spacial score (nSPS) is 12.5. The molecule has 15 heavy (non-hydrogen) atoms. The van der Waals surface area contributed by atoms with Crippen LogP contribution in [-0.4, -0.2) is 21.6 Å². The third-order valence-corrected chi connectivity index (χ3v) is 1.98. The van der Waals surface area contributed by atoms with Crippen LogP contribution in [0.15, 0.2) is 24.3 Å². The molecule has 0 amide bonds. The quantitative estimate of drug-likeness (QED) is 0.708. The molecule has 0 N–H and O–H groups in total. The highest BCUT2D eigenvalue weighted by Crippen LogP contribution is 2.11. The van der Waals surface area contributed by atoms with Crippen molar-refractivity contribution in [2.75, 3.05) is 6.61 Å². The Morgan fingerprint density at radius 2 is 2.00 bits per heavy atom. The molecule has 4 heteroatoms. The Labute approximate surface area is 87.8 Å². The number of terminal acetylenes is 1. The van der Waals surface area contributed by atoms with E-state index in [1.54, 1.807) is 0 Å². The standard InChI is InChI=1S/C11H11N3O/c1-3-11(15-4-2)14-12-9-7-5-6-8-10(9)13-14/h1,5-8,11H,4H2,2H3. The second-order valence-electron chi connectivity index (χ2n) is 2.98. The number of benzene rings is 1. The third-order valence-electron chi connectivity index (χ3n) is 1.98. The molecule has 1 heterocycles. The zero-order valence-corrected chi connectivity index (χ0v) is 8.42. The molecule has 1 aromatic heterocycles. The fourth-order valence-electron chi connectivity index (χ4n) is 1.32. The molecular weight excluding hydrogens is 190 g/mol. The van der Waals surface area contributed by atoms with E-state index < -0.39 is 6.23 Å². The summed E-state index contributed by atoms with van der Waals surface area (Å²) in [5, 5.41) is 8.48. The van der Waals surface area contributed by atoms with Crippen molar-refractivity contribution in [3.63, 3.8) is 0 Å². The Morgan fingerprint density at radius 1 is 1.40 bits per heavy atom. The van der Waals surface area contributed by atoms with Crippen LogP contribution in [0.1, 0.15) is 13.2 Å². The van der Waals surface area contributed by atoms with E-state index in [1.165, 1.54) is 4.80 Å². The second kappa shape index (κ2) is 4.11. The minimum Gasteiger partial charge on any atom is -0.345 e. The minimum atomic E-state index is -0.526. The number of aromatic nitrogens is 3. The predicted octanol–water partition coefficient (Wildman–Crippen LogP) is 1.60. The number of nitrogens with zero attached hydrogens (tertiary/aromatic N) is 3. The number of hydrogen-bond acceptors (Lipinski definition) is 3. The first-order valence-corrected chi connectivity index (χ1v) is 4.74. The van der Waals surface area contributed by atoms with E-state index >= 15 is 0 Å². The van der Waals surface area contributed by atoms with E-state index in [9.17, 15) is 0 Å². The van der Waals surface area contributed by atoms with Gasteiger partial charge in [-0.15, -0.1) is 21.4 Å². The van der Waals surface area contributed by atoms with Crippen molar-refractivity contribution >= 4 is 11.0 Å². The number of ether oxygens (including phenoxy) is 1. The molecule has 0 aliphatic carbocycles. The first kappa shape index (κ1) is 9.69. The van der Waals surface area contributed by atoms with Crippen LogP contribution in [0.25, 0.3) is 11.0 Å². The molecule has 0 spiro atoms. The number of rotatable bonds is 3. The highest BCUT2D eigenvalue weighted by Gasteiger charge is 2.10. The monoisotopic (exact) mass is 201 g/mol. The van der Waals surface area contributed by atoms with Gasteiger partial charge in [-0.25, -0.2) is 0 Å². The minimum absolute atomic E-state index is 0.526. The van der Waals surface area contributed by atoms with Crippen LogP contribution in [0.5, 0.6) is 0 Å². The van der Waals surface area contributed by atoms with Crippen LogP contribution in [0.3, 0.4) is 0 Å². The smallest absolute Gasteiger partial charge is 0.231 e. The van der Waals surface area contributed by atoms with Gasteiger partial charge in [0.15, 0.2) is 0 Å². The van der Waals surface area contributed by atoms with Crippen LogP contribution in [-0.2, 0) is 4.74 Å². The van der Waals surface area contributed by atoms with Crippen molar-refractivity contribution < 1.29 is 4.74 Å². The summed E-state index contributed by atoms with van der Waals surface area (Å²) >= 11 is 0. The molecule has 2 rings (SSSR count). The van der Waals surface area contributed by atoms with E-state index in [-0.39, 0.29) is 0 Å². The molecule has 1 unspecified atom stereocenters. The van der Waals surface area contributed by atoms with Crippen molar-refractivity contribution in [3.05, 3.63) is 24.3 Å². The molecule has 1 atom stereocenters. The average molecular weight is 201 g/mol. The molecule has 0 radical (unpaired) electrons. The van der Waals surface area contributed by atoms with E-state index in [1.807, 2.05) is 31.2 Å². The van der Waals surface area contributed by atoms with Crippen LogP contribution >= 0.6 is 0 Å². The van der Waals surface area contributed by atoms with Crippen LogP contribution in [0, 0.1) is 12.3 Å². The summed E-state index contributed by atoms with van der Waals surface area (Å²) in [6, 6.07) is 7.59. The first-order valence-electron chi connectivity index (χ1n) is 4.74. The summed E-state index contributed by atoms with van der Waals surface area (Å²) in [4.78, 5) is 1.42. The Balaban J connectivity index is 2.39. The molecular formula is C11H11N3O. The molecule has 2 aromatic rings. The van der Waals surface area contributed by atoms with Gasteiger partial charge in [0, 0.05) is 6.61 Å². The lowest BCUT2D eigenvalue weighted by Gasteiger charge is -2.08. The van der Waals surface area contributed by atoms with Gasteiger partial charge >= 0.3 is 0 Å². The zero-order valence-electron chi connectivity index (χ0n) is 8.42. The van der Waals surface area contributed by atoms with Gasteiger partial charge in [-0.2, -0.15) is 0 Å². The molecule has 0 aliphatic rings. The molecule has 0 aliphatic heterocycles. The van der Waals surface area contributed by atoms with Gasteiger partial charge in [0.1, 0.15) is 11.0 Å². The summed E-state index contributed by atoms with van der Waals surface area (Å²) in [5.41, 5.74) is 1.63. The molecule has 0 saturated carbocycles. The first-order chi connectivity index (χ1) is 7.35. The molecule has 1 aromatic carbocycles. The fourth-order valence-corrected chi connectivity index (χ4v) is 1.32. The average Bonchev–Trinajstić information content (AvgIpc) is 2.69. The summed E-state index contributed by atoms with van der Waals surface area (Å²) < 4.78 is 5.31. The van der Waals surface area contributed by atoms with Gasteiger partial charge in [-0.05, 0) is 25.0 Å². The summed E-state index contributed by atoms with van der Waals surface area (Å²) in [7, 11) is 0. The van der Waals surface area contributed by atoms with Crippen molar-refractivity contribution in [2.45, 2.75) is 13.2 Å². The predicted molar refractivity (Wildman–Crippen MR) is 57.0 cm³/mol. The fraction of sp³-hybridized carbons (Fsp3) is 0.273. The third kappa shape index (κ3) is 1.83. The number of hydrogen-bond donors (Lipinski definition) is 0. The maximum Gasteiger partial charge on any atom is 0.231 e. The van der Waals surface area contributed by atoms with E-state index in [0.29, 0.717) is 6.61 Å². The van der Waals surface area contributed by atoms with Crippen LogP contribution in [0.2, 0.25) is 0 Å². The van der Waals surface area contributed by atoms with Gasteiger partial charge in [0.05, 0.1) is 0 Å². The van der Waals surface area contributed by atoms with Crippen molar-refractivity contribution in [1.82, 2.24) is 15.0 Å². The number of fused-ring (bicyclic) bond motifs is 1. The SMILES string of the molecule is C#CC(OCC)n1nc2ccccc2n1. The molecule has 76 valence electrons. The highest BCUT2D eigenvalue weighted by atomic mass is 16.5. The van der Waals surface area contributed by atoms with E-state index in [0.717, 1.165) is 11.0 Å². The molecule has 0 fully saturated rings. The van der Waals surface area contributed by atoms with Gasteiger partial charge in [0.2, 0.25) is 6.23 Å². The van der Waals surface area contributed by atoms with Crippen molar-refractivity contribution in [2.24, 2.45) is 0 Å². The zero-order chi connectivity index (χ0) is 10.7. The molecule has 0 bridgehead atoms. The van der Waals surface area contributed by atoms with Crippen molar-refractivity contribution in [3.8, 4) is 12.3 Å². The summed E-state index contributed by atoms with van der Waals surface area (Å²) in [6.07, 6.45) is 4.81. The maximum atomic E-state index is 5.34. The highest BCUT2D eigenvalue weighted by molar-refractivity contribution is 5.72. The van der Waals surface area contributed by atoms with Crippen molar-refractivity contribution in [1.29, 1.82) is 0 Å². The van der Waals surface area contributed by atoms with E-state index in [2.05, 4.69) is 16.1 Å². The lowest BCUT2D eigenvalue weighted by atomic mass is 10.3. The van der Waals surface area contributed by atoms with Crippen LogP contribution < -0.4 is 0 Å². The Hall–Kier alpha value is -1.86. The Bertz CT molecular complexity index is 465. The van der Waals surface area contributed by atoms with Gasteiger partial charge in [0.25, 0.3) is 0 Å². The largest absolute Gasteiger partial charge is 0.345 e. The summed E-state index contributed by atoms with van der Waals surface area (Å²) in [5.74, 6) is 2.50. The Morgan fingerprint density at radius 3 is 2.47 bits per heavy atom. The lowest BCUT2D eigenvalue weighted by molar-refractivity contribution is 0.0359. The van der Waals surface area contributed by atoms with Crippen LogP contribution in [0.4, 0.5) is 0 Å². The summed E-state index contributed by atoms with van der Waals surface area (Å²) in [6.45, 7) is 2.42. The molecule has 4 nitrogen and oxygen atoms in total. The molecule has 0 saturated heterocycles. The van der Waals surface area contributed by atoms with E-state index in [4.69, 9.17) is 11.2 Å². The topological polar surface area (TPSA) is 39.9 Å². The van der Waals surface area contributed by atoms with Gasteiger partial charge in [-0.3, -0.25) is 0 Å². The Kier molecular flexibility index (Phi) is 2.66. The second-order valence-corrected chi connectivity index (χ2v) is 2.98. The van der Waals surface area contributed by atoms with Gasteiger partial charge in [-0.1, -0.05) is 12.1 Å². The van der Waals surface area contributed by atoms with Gasteiger partial charge < -0.3 is 4.74 Å². The lowest BCUT2D eigenvalue weighted by Crippen LogP contribution is -2.13.